The number of carbonyl (C=O) groups excluding carboxylic acids is 1. The Hall–Kier alpha value is -2.36. The van der Waals surface area contributed by atoms with E-state index >= 15 is 0 Å². The minimum absolute atomic E-state index is 0.249. The summed E-state index contributed by atoms with van der Waals surface area (Å²) >= 11 is 0. The molecular weight excluding hydrogens is 252 g/mol. The molecular formula is C16H18N2O2. The summed E-state index contributed by atoms with van der Waals surface area (Å²) in [6.07, 6.45) is 3.28. The van der Waals surface area contributed by atoms with E-state index in [0.717, 1.165) is 24.1 Å². The van der Waals surface area contributed by atoms with Gasteiger partial charge in [-0.25, -0.2) is 5.43 Å². The lowest BCUT2D eigenvalue weighted by atomic mass is 10.1. The van der Waals surface area contributed by atoms with Crippen LogP contribution in [0.2, 0.25) is 0 Å². The molecule has 0 bridgehead atoms. The van der Waals surface area contributed by atoms with Crippen LogP contribution in [-0.2, 0) is 0 Å². The van der Waals surface area contributed by atoms with Crippen LogP contribution >= 0.6 is 0 Å². The molecule has 1 amide bonds. The van der Waals surface area contributed by atoms with Gasteiger partial charge in [0.05, 0.1) is 17.5 Å². The first-order chi connectivity index (χ1) is 9.72. The molecule has 0 saturated heterocycles. The molecule has 20 heavy (non-hydrogen) atoms. The fourth-order valence-corrected chi connectivity index (χ4v) is 1.93. The number of hydrogen-bond donors (Lipinski definition) is 1. The maximum atomic E-state index is 12.0. The number of carbonyl (C=O) groups is 1. The van der Waals surface area contributed by atoms with Crippen LogP contribution in [0.25, 0.3) is 0 Å². The van der Waals surface area contributed by atoms with Crippen LogP contribution < -0.4 is 5.43 Å². The van der Waals surface area contributed by atoms with Gasteiger partial charge in [-0.05, 0) is 25.0 Å². The molecule has 2 rings (SSSR count). The van der Waals surface area contributed by atoms with Crippen molar-refractivity contribution in [3.05, 3.63) is 59.5 Å². The fraction of sp³-hybridized carbons (Fsp3) is 0.250. The smallest absolute Gasteiger partial charge is 0.274 e. The average Bonchev–Trinajstić information content (AvgIpc) is 2.90. The Morgan fingerprint density at radius 3 is 2.60 bits per heavy atom. The molecule has 0 aliphatic heterocycles. The first-order valence-corrected chi connectivity index (χ1v) is 6.68. The molecule has 0 fully saturated rings. The number of benzene rings is 1. The van der Waals surface area contributed by atoms with Crippen molar-refractivity contribution in [2.24, 2.45) is 5.10 Å². The third-order valence-electron chi connectivity index (χ3n) is 2.99. The highest BCUT2D eigenvalue weighted by atomic mass is 16.3. The number of nitrogens with zero attached hydrogens (tertiary/aromatic N) is 1. The Morgan fingerprint density at radius 2 is 2.00 bits per heavy atom. The third-order valence-corrected chi connectivity index (χ3v) is 2.99. The quantitative estimate of drug-likeness (QED) is 0.667. The van der Waals surface area contributed by atoms with E-state index in [-0.39, 0.29) is 5.91 Å². The Labute approximate surface area is 118 Å². The molecule has 2 aromatic rings. The highest BCUT2D eigenvalue weighted by molar-refractivity contribution is 6.02. The Bertz CT molecular complexity index is 600. The molecule has 1 N–H and O–H groups in total. The standard InChI is InChI=1S/C16H18N2O2/c1-3-7-15(13-8-5-4-6-9-13)17-18-16(19)14-10-11-20-12(14)2/h4-6,8-11H,3,7H2,1-2H3,(H,18,19). The van der Waals surface area contributed by atoms with Crippen LogP contribution in [0.15, 0.2) is 52.2 Å². The van der Waals surface area contributed by atoms with Crippen molar-refractivity contribution in [2.45, 2.75) is 26.7 Å². The molecule has 0 aliphatic rings. The van der Waals surface area contributed by atoms with E-state index in [9.17, 15) is 4.79 Å². The van der Waals surface area contributed by atoms with Crippen molar-refractivity contribution in [1.82, 2.24) is 5.43 Å². The Balaban J connectivity index is 2.14. The number of rotatable bonds is 5. The molecule has 1 aromatic heterocycles. The molecule has 0 saturated carbocycles. The third kappa shape index (κ3) is 3.35. The van der Waals surface area contributed by atoms with Crippen molar-refractivity contribution in [2.75, 3.05) is 0 Å². The zero-order chi connectivity index (χ0) is 14.4. The maximum Gasteiger partial charge on any atom is 0.274 e. The van der Waals surface area contributed by atoms with Crippen LogP contribution in [-0.4, -0.2) is 11.6 Å². The summed E-state index contributed by atoms with van der Waals surface area (Å²) in [4.78, 5) is 12.0. The highest BCUT2D eigenvalue weighted by Crippen LogP contribution is 2.09. The zero-order valence-electron chi connectivity index (χ0n) is 11.7. The highest BCUT2D eigenvalue weighted by Gasteiger charge is 2.11. The first kappa shape index (κ1) is 14.1. The molecule has 0 spiro atoms. The van der Waals surface area contributed by atoms with Crippen LogP contribution in [0.5, 0.6) is 0 Å². The minimum atomic E-state index is -0.249. The van der Waals surface area contributed by atoms with Gasteiger partial charge < -0.3 is 4.42 Å². The largest absolute Gasteiger partial charge is 0.469 e. The van der Waals surface area contributed by atoms with Crippen LogP contribution in [0.3, 0.4) is 0 Å². The van der Waals surface area contributed by atoms with Gasteiger partial charge in [0.2, 0.25) is 0 Å². The van der Waals surface area contributed by atoms with Crippen molar-refractivity contribution in [3.8, 4) is 0 Å². The number of hydrazone groups is 1. The van der Waals surface area contributed by atoms with Crippen molar-refractivity contribution >= 4 is 11.6 Å². The second-order valence-corrected chi connectivity index (χ2v) is 4.51. The van der Waals surface area contributed by atoms with Gasteiger partial charge in [-0.15, -0.1) is 0 Å². The van der Waals surface area contributed by atoms with Crippen LogP contribution in [0, 0.1) is 6.92 Å². The number of amides is 1. The summed E-state index contributed by atoms with van der Waals surface area (Å²) < 4.78 is 5.12. The van der Waals surface area contributed by atoms with Gasteiger partial charge in [0, 0.05) is 0 Å². The van der Waals surface area contributed by atoms with Gasteiger partial charge in [0.15, 0.2) is 0 Å². The van der Waals surface area contributed by atoms with E-state index in [1.165, 1.54) is 6.26 Å². The summed E-state index contributed by atoms with van der Waals surface area (Å²) in [6, 6.07) is 11.5. The second-order valence-electron chi connectivity index (χ2n) is 4.51. The maximum absolute atomic E-state index is 12.0. The van der Waals surface area contributed by atoms with Gasteiger partial charge in [-0.2, -0.15) is 5.10 Å². The minimum Gasteiger partial charge on any atom is -0.469 e. The zero-order valence-corrected chi connectivity index (χ0v) is 11.7. The van der Waals surface area contributed by atoms with Gasteiger partial charge in [0.25, 0.3) is 5.91 Å². The fourth-order valence-electron chi connectivity index (χ4n) is 1.93. The number of hydrogen-bond acceptors (Lipinski definition) is 3. The van der Waals surface area contributed by atoms with E-state index in [1.807, 2.05) is 30.3 Å². The topological polar surface area (TPSA) is 54.6 Å². The van der Waals surface area contributed by atoms with Crippen LogP contribution in [0.1, 0.15) is 41.4 Å². The normalized spacial score (nSPS) is 11.4. The van der Waals surface area contributed by atoms with Gasteiger partial charge in [-0.3, -0.25) is 4.79 Å². The lowest BCUT2D eigenvalue weighted by Crippen LogP contribution is -2.20. The molecule has 4 nitrogen and oxygen atoms in total. The van der Waals surface area contributed by atoms with Crippen molar-refractivity contribution in [1.29, 1.82) is 0 Å². The van der Waals surface area contributed by atoms with Gasteiger partial charge in [0.1, 0.15) is 5.76 Å². The van der Waals surface area contributed by atoms with Gasteiger partial charge >= 0.3 is 0 Å². The summed E-state index contributed by atoms with van der Waals surface area (Å²) in [6.45, 7) is 3.84. The van der Waals surface area contributed by atoms with Crippen molar-refractivity contribution < 1.29 is 9.21 Å². The molecule has 1 aromatic carbocycles. The molecule has 0 aliphatic carbocycles. The van der Waals surface area contributed by atoms with E-state index < -0.39 is 0 Å². The van der Waals surface area contributed by atoms with Crippen molar-refractivity contribution in [3.63, 3.8) is 0 Å². The molecule has 0 atom stereocenters. The summed E-state index contributed by atoms with van der Waals surface area (Å²) in [5.41, 5.74) is 5.01. The summed E-state index contributed by atoms with van der Waals surface area (Å²) in [5, 5.41) is 4.26. The second kappa shape index (κ2) is 6.70. The summed E-state index contributed by atoms with van der Waals surface area (Å²) in [7, 11) is 0. The monoisotopic (exact) mass is 270 g/mol. The van der Waals surface area contributed by atoms with E-state index in [2.05, 4.69) is 17.5 Å². The number of aryl methyl sites for hydroxylation is 1. The first-order valence-electron chi connectivity index (χ1n) is 6.68. The lowest BCUT2D eigenvalue weighted by Gasteiger charge is -2.06. The Kier molecular flexibility index (Phi) is 4.71. The van der Waals surface area contributed by atoms with Crippen LogP contribution in [0.4, 0.5) is 0 Å². The SMILES string of the molecule is CCCC(=NNC(=O)c1ccoc1C)c1ccccc1. The van der Waals surface area contributed by atoms with E-state index in [4.69, 9.17) is 4.42 Å². The number of furan rings is 1. The number of nitrogens with one attached hydrogen (secondary N) is 1. The Morgan fingerprint density at radius 1 is 1.25 bits per heavy atom. The van der Waals surface area contributed by atoms with Gasteiger partial charge in [-0.1, -0.05) is 43.7 Å². The molecule has 1 heterocycles. The molecule has 4 heteroatoms. The molecule has 104 valence electrons. The molecule has 0 radical (unpaired) electrons. The molecule has 0 unspecified atom stereocenters. The predicted molar refractivity (Wildman–Crippen MR) is 78.8 cm³/mol. The summed E-state index contributed by atoms with van der Waals surface area (Å²) in [5.74, 6) is 0.343. The average molecular weight is 270 g/mol. The van der Waals surface area contributed by atoms with E-state index in [1.54, 1.807) is 13.0 Å². The van der Waals surface area contributed by atoms with E-state index in [0.29, 0.717) is 11.3 Å². The predicted octanol–water partition coefficient (Wildman–Crippen LogP) is 3.52. The lowest BCUT2D eigenvalue weighted by molar-refractivity contribution is 0.0953.